The lowest BCUT2D eigenvalue weighted by molar-refractivity contribution is -0.423. The predicted molar refractivity (Wildman–Crippen MR) is 47.1 cm³/mol. The van der Waals surface area contributed by atoms with E-state index in [1.165, 1.54) is 0 Å². The van der Waals surface area contributed by atoms with E-state index in [-0.39, 0.29) is 18.6 Å². The lowest BCUT2D eigenvalue weighted by atomic mass is 10.1. The van der Waals surface area contributed by atoms with Gasteiger partial charge in [0.05, 0.1) is 6.42 Å². The summed E-state index contributed by atoms with van der Waals surface area (Å²) in [5.74, 6) is 1.55. The molecule has 1 unspecified atom stereocenters. The van der Waals surface area contributed by atoms with Crippen molar-refractivity contribution in [1.82, 2.24) is 0 Å². The molecule has 1 aromatic carbocycles. The average molecular weight is 192 g/mol. The number of carbonyl (C=O) groups excluding carboxylic acids is 1. The summed E-state index contributed by atoms with van der Waals surface area (Å²) in [6.07, 6.45) is 0.498. The molecular formula is C10H10NO3+. The molecule has 2 aliphatic rings. The molecule has 72 valence electrons. The standard InChI is InChI=1S/C10H9NO3/c11-7-3-8(12)6-2-10-9(1-5(6)7)13-4-14-10/h1-2,7H,3-4,11H2/p+1. The topological polar surface area (TPSA) is 63.2 Å². The van der Waals surface area contributed by atoms with E-state index in [1.807, 2.05) is 6.07 Å². The molecule has 1 heterocycles. The molecule has 1 atom stereocenters. The molecule has 1 aromatic rings. The first-order chi connectivity index (χ1) is 6.75. The smallest absolute Gasteiger partial charge is 0.231 e. The quantitative estimate of drug-likeness (QED) is 0.642. The Morgan fingerprint density at radius 3 is 2.79 bits per heavy atom. The molecule has 0 spiro atoms. The zero-order valence-corrected chi connectivity index (χ0v) is 7.58. The third kappa shape index (κ3) is 0.886. The predicted octanol–water partition coefficient (Wildman–Crippen LogP) is 0.285. The number of benzene rings is 1. The number of Topliss-reactive ketones (excluding diaryl/α,β-unsaturated/α-hetero) is 1. The van der Waals surface area contributed by atoms with Gasteiger partial charge in [-0.3, -0.25) is 4.79 Å². The number of rotatable bonds is 0. The molecule has 4 heteroatoms. The minimum Gasteiger partial charge on any atom is -0.454 e. The summed E-state index contributed by atoms with van der Waals surface area (Å²) < 4.78 is 10.5. The fraction of sp³-hybridized carbons (Fsp3) is 0.300. The third-order valence-electron chi connectivity index (χ3n) is 2.72. The van der Waals surface area contributed by atoms with Gasteiger partial charge in [-0.25, -0.2) is 0 Å². The summed E-state index contributed by atoms with van der Waals surface area (Å²) in [6, 6.07) is 3.71. The van der Waals surface area contributed by atoms with Crippen LogP contribution >= 0.6 is 0 Å². The van der Waals surface area contributed by atoms with Crippen LogP contribution in [0.1, 0.15) is 28.4 Å². The fourth-order valence-electron chi connectivity index (χ4n) is 1.98. The zero-order valence-electron chi connectivity index (χ0n) is 7.58. The molecular weight excluding hydrogens is 182 g/mol. The SMILES string of the molecule is [NH3+]C1CC(=O)c2cc3c(cc21)OCO3. The summed E-state index contributed by atoms with van der Waals surface area (Å²) in [5, 5.41) is 0. The van der Waals surface area contributed by atoms with Crippen LogP contribution in [-0.4, -0.2) is 12.6 Å². The average Bonchev–Trinajstić information content (AvgIpc) is 2.70. The Morgan fingerprint density at radius 1 is 1.29 bits per heavy atom. The fourth-order valence-corrected chi connectivity index (χ4v) is 1.98. The largest absolute Gasteiger partial charge is 0.454 e. The van der Waals surface area contributed by atoms with E-state index >= 15 is 0 Å². The van der Waals surface area contributed by atoms with Gasteiger partial charge in [0.2, 0.25) is 6.79 Å². The first-order valence-corrected chi connectivity index (χ1v) is 4.55. The normalized spacial score (nSPS) is 22.6. The van der Waals surface area contributed by atoms with E-state index in [4.69, 9.17) is 9.47 Å². The Kier molecular flexibility index (Phi) is 1.39. The van der Waals surface area contributed by atoms with Crippen molar-refractivity contribution in [2.45, 2.75) is 12.5 Å². The van der Waals surface area contributed by atoms with Crippen LogP contribution in [0.2, 0.25) is 0 Å². The van der Waals surface area contributed by atoms with Gasteiger partial charge >= 0.3 is 0 Å². The molecule has 14 heavy (non-hydrogen) atoms. The van der Waals surface area contributed by atoms with Gasteiger partial charge in [0.1, 0.15) is 6.04 Å². The third-order valence-corrected chi connectivity index (χ3v) is 2.72. The molecule has 0 radical (unpaired) electrons. The van der Waals surface area contributed by atoms with Gasteiger partial charge in [-0.1, -0.05) is 0 Å². The van der Waals surface area contributed by atoms with Crippen LogP contribution in [-0.2, 0) is 0 Å². The number of ether oxygens (including phenoxy) is 2. The second-order valence-corrected chi connectivity index (χ2v) is 3.62. The lowest BCUT2D eigenvalue weighted by Gasteiger charge is -2.02. The van der Waals surface area contributed by atoms with E-state index < -0.39 is 0 Å². The van der Waals surface area contributed by atoms with E-state index in [0.717, 1.165) is 16.9 Å². The van der Waals surface area contributed by atoms with Crippen molar-refractivity contribution in [2.75, 3.05) is 6.79 Å². The summed E-state index contributed by atoms with van der Waals surface area (Å²) in [6.45, 7) is 0.244. The Balaban J connectivity index is 2.22. The molecule has 0 saturated heterocycles. The number of ketones is 1. The molecule has 3 N–H and O–H groups in total. The first-order valence-electron chi connectivity index (χ1n) is 4.55. The van der Waals surface area contributed by atoms with Gasteiger partial charge in [-0.05, 0) is 12.1 Å². The van der Waals surface area contributed by atoms with Crippen molar-refractivity contribution in [2.24, 2.45) is 0 Å². The van der Waals surface area contributed by atoms with Gasteiger partial charge in [-0.15, -0.1) is 0 Å². The maximum absolute atomic E-state index is 11.5. The van der Waals surface area contributed by atoms with Crippen molar-refractivity contribution >= 4 is 5.78 Å². The Bertz CT molecular complexity index is 428. The van der Waals surface area contributed by atoms with Gasteiger partial charge in [0.25, 0.3) is 0 Å². The molecule has 0 fully saturated rings. The number of quaternary nitrogens is 1. The van der Waals surface area contributed by atoms with Crippen LogP contribution in [0.4, 0.5) is 0 Å². The maximum atomic E-state index is 11.5. The molecule has 0 amide bonds. The number of hydrogen-bond acceptors (Lipinski definition) is 3. The molecule has 0 saturated carbocycles. The zero-order chi connectivity index (χ0) is 9.71. The molecule has 0 aromatic heterocycles. The molecule has 3 rings (SSSR count). The van der Waals surface area contributed by atoms with Gasteiger partial charge in [0, 0.05) is 11.1 Å². The van der Waals surface area contributed by atoms with Crippen molar-refractivity contribution in [3.63, 3.8) is 0 Å². The van der Waals surface area contributed by atoms with Gasteiger partial charge < -0.3 is 15.2 Å². The number of hydrogen-bond donors (Lipinski definition) is 1. The minimum absolute atomic E-state index is 0.0620. The van der Waals surface area contributed by atoms with Crippen molar-refractivity contribution in [3.8, 4) is 11.5 Å². The second kappa shape index (κ2) is 2.48. The Labute approximate surface area is 80.6 Å². The highest BCUT2D eigenvalue weighted by Gasteiger charge is 2.32. The van der Waals surface area contributed by atoms with Gasteiger partial charge in [0.15, 0.2) is 17.3 Å². The van der Waals surface area contributed by atoms with Crippen LogP contribution in [0.3, 0.4) is 0 Å². The Hall–Kier alpha value is -1.55. The molecule has 0 bridgehead atoms. The van der Waals surface area contributed by atoms with Crippen LogP contribution < -0.4 is 15.2 Å². The maximum Gasteiger partial charge on any atom is 0.231 e. The highest BCUT2D eigenvalue weighted by molar-refractivity contribution is 6.01. The van der Waals surface area contributed by atoms with Crippen molar-refractivity contribution in [1.29, 1.82) is 0 Å². The second-order valence-electron chi connectivity index (χ2n) is 3.62. The first kappa shape index (κ1) is 7.82. The molecule has 4 nitrogen and oxygen atoms in total. The highest BCUT2D eigenvalue weighted by atomic mass is 16.7. The van der Waals surface area contributed by atoms with E-state index in [1.54, 1.807) is 6.07 Å². The molecule has 1 aliphatic heterocycles. The van der Waals surface area contributed by atoms with Crippen LogP contribution in [0.25, 0.3) is 0 Å². The van der Waals surface area contributed by atoms with E-state index in [9.17, 15) is 4.79 Å². The van der Waals surface area contributed by atoms with E-state index in [2.05, 4.69) is 5.73 Å². The van der Waals surface area contributed by atoms with Crippen LogP contribution in [0.5, 0.6) is 11.5 Å². The monoisotopic (exact) mass is 192 g/mol. The number of fused-ring (bicyclic) bond motifs is 2. The summed E-state index contributed by atoms with van der Waals surface area (Å²) >= 11 is 0. The summed E-state index contributed by atoms with van der Waals surface area (Å²) in [4.78, 5) is 11.5. The van der Waals surface area contributed by atoms with E-state index in [0.29, 0.717) is 12.2 Å². The van der Waals surface area contributed by atoms with Crippen LogP contribution in [0.15, 0.2) is 12.1 Å². The van der Waals surface area contributed by atoms with Crippen molar-refractivity contribution < 1.29 is 20.0 Å². The lowest BCUT2D eigenvalue weighted by Crippen LogP contribution is -2.52. The van der Waals surface area contributed by atoms with Crippen molar-refractivity contribution in [3.05, 3.63) is 23.3 Å². The minimum atomic E-state index is 0.0620. The summed E-state index contributed by atoms with van der Waals surface area (Å²) in [7, 11) is 0. The molecule has 1 aliphatic carbocycles. The number of carbonyl (C=O) groups is 1. The summed E-state index contributed by atoms with van der Waals surface area (Å²) in [5.41, 5.74) is 5.67. The highest BCUT2D eigenvalue weighted by Crippen LogP contribution is 2.39. The Morgan fingerprint density at radius 2 is 2.00 bits per heavy atom. The van der Waals surface area contributed by atoms with Gasteiger partial charge in [-0.2, -0.15) is 0 Å². The van der Waals surface area contributed by atoms with Crippen LogP contribution in [0, 0.1) is 0 Å².